The number of hydrogen-bond acceptors (Lipinski definition) is 5. The summed E-state index contributed by atoms with van der Waals surface area (Å²) in [5.41, 5.74) is 0. The van der Waals surface area contributed by atoms with E-state index < -0.39 is 18.1 Å². The van der Waals surface area contributed by atoms with E-state index >= 15 is 0 Å². The summed E-state index contributed by atoms with van der Waals surface area (Å²) in [6, 6.07) is -1.63. The number of amides is 2. The lowest BCUT2D eigenvalue weighted by Gasteiger charge is -2.27. The largest absolute Gasteiger partial charge is 0.480 e. The van der Waals surface area contributed by atoms with Crippen LogP contribution in [0.25, 0.3) is 0 Å². The number of nitrogens with one attached hydrogen (secondary N) is 2. The standard InChI is InChI=1S/C15H25N3O4S/c1-23-9-6-11(15(21)22)17-13(19)12-5-3-8-18(12)14(20)10-4-2-7-16-10/h10-12,16H,2-9H2,1H3,(H,17,19)(H,21,22). The predicted molar refractivity (Wildman–Crippen MR) is 88.3 cm³/mol. The molecule has 8 heteroatoms. The summed E-state index contributed by atoms with van der Waals surface area (Å²) in [7, 11) is 0. The van der Waals surface area contributed by atoms with Crippen LogP contribution in [0.2, 0.25) is 0 Å². The third kappa shape index (κ3) is 4.60. The number of carboxylic acid groups (broad SMARTS) is 1. The highest BCUT2D eigenvalue weighted by molar-refractivity contribution is 7.98. The summed E-state index contributed by atoms with van der Waals surface area (Å²) in [6.07, 6.45) is 5.42. The number of carboxylic acids is 1. The molecule has 0 bridgehead atoms. The SMILES string of the molecule is CSCCC(NC(=O)C1CCCN1C(=O)C1CCCN1)C(=O)O. The Hall–Kier alpha value is -1.28. The maximum atomic E-state index is 12.5. The number of thioether (sulfide) groups is 1. The molecule has 3 unspecified atom stereocenters. The zero-order valence-electron chi connectivity index (χ0n) is 13.4. The summed E-state index contributed by atoms with van der Waals surface area (Å²) in [6.45, 7) is 1.40. The summed E-state index contributed by atoms with van der Waals surface area (Å²) < 4.78 is 0. The number of likely N-dealkylation sites (tertiary alicyclic amines) is 1. The molecule has 2 rings (SSSR count). The summed E-state index contributed by atoms with van der Waals surface area (Å²) >= 11 is 1.54. The second kappa shape index (κ2) is 8.54. The highest BCUT2D eigenvalue weighted by Crippen LogP contribution is 2.21. The van der Waals surface area contributed by atoms with Crippen LogP contribution in [0.1, 0.15) is 32.1 Å². The predicted octanol–water partition coefficient (Wildman–Crippen LogP) is 0.0519. The molecular formula is C15H25N3O4S. The zero-order chi connectivity index (χ0) is 16.8. The van der Waals surface area contributed by atoms with Crippen LogP contribution >= 0.6 is 11.8 Å². The summed E-state index contributed by atoms with van der Waals surface area (Å²) in [5.74, 6) is -0.740. The van der Waals surface area contributed by atoms with Gasteiger partial charge >= 0.3 is 5.97 Å². The van der Waals surface area contributed by atoms with Gasteiger partial charge < -0.3 is 20.6 Å². The van der Waals surface area contributed by atoms with Gasteiger partial charge in [-0.15, -0.1) is 0 Å². The van der Waals surface area contributed by atoms with Gasteiger partial charge in [-0.25, -0.2) is 4.79 Å². The van der Waals surface area contributed by atoms with Crippen LogP contribution in [0.5, 0.6) is 0 Å². The topological polar surface area (TPSA) is 98.7 Å². The molecule has 2 fully saturated rings. The van der Waals surface area contributed by atoms with Gasteiger partial charge in [0.1, 0.15) is 12.1 Å². The maximum Gasteiger partial charge on any atom is 0.326 e. The van der Waals surface area contributed by atoms with E-state index in [4.69, 9.17) is 0 Å². The molecule has 0 saturated carbocycles. The second-order valence-electron chi connectivity index (χ2n) is 6.02. The highest BCUT2D eigenvalue weighted by Gasteiger charge is 2.38. The summed E-state index contributed by atoms with van der Waals surface area (Å²) in [4.78, 5) is 37.9. The van der Waals surface area contributed by atoms with E-state index in [9.17, 15) is 19.5 Å². The molecule has 130 valence electrons. The number of aliphatic carboxylic acids is 1. The fourth-order valence-corrected chi connectivity index (χ4v) is 3.63. The minimum Gasteiger partial charge on any atom is -0.480 e. The van der Waals surface area contributed by atoms with Crippen LogP contribution in [0, 0.1) is 0 Å². The molecule has 2 heterocycles. The lowest BCUT2D eigenvalue weighted by Crippen LogP contribution is -2.53. The van der Waals surface area contributed by atoms with E-state index in [0.29, 0.717) is 25.1 Å². The van der Waals surface area contributed by atoms with Crippen molar-refractivity contribution in [3.05, 3.63) is 0 Å². The monoisotopic (exact) mass is 343 g/mol. The molecule has 0 radical (unpaired) electrons. The Labute approximate surface area is 140 Å². The van der Waals surface area contributed by atoms with Gasteiger partial charge in [-0.1, -0.05) is 0 Å². The molecule has 2 aliphatic rings. The molecule has 0 aromatic heterocycles. The first kappa shape index (κ1) is 18.1. The smallest absolute Gasteiger partial charge is 0.326 e. The molecular weight excluding hydrogens is 318 g/mol. The average molecular weight is 343 g/mol. The molecule has 0 aromatic carbocycles. The molecule has 23 heavy (non-hydrogen) atoms. The minimum absolute atomic E-state index is 0.0314. The van der Waals surface area contributed by atoms with Gasteiger partial charge in [0.05, 0.1) is 6.04 Å². The molecule has 2 saturated heterocycles. The molecule has 7 nitrogen and oxygen atoms in total. The van der Waals surface area contributed by atoms with E-state index in [1.54, 1.807) is 16.7 Å². The first-order valence-corrected chi connectivity index (χ1v) is 9.50. The van der Waals surface area contributed by atoms with Gasteiger partial charge in [-0.2, -0.15) is 11.8 Å². The lowest BCUT2D eigenvalue weighted by molar-refractivity contribution is -0.144. The second-order valence-corrected chi connectivity index (χ2v) is 7.01. The van der Waals surface area contributed by atoms with Crippen LogP contribution in [-0.2, 0) is 14.4 Å². The van der Waals surface area contributed by atoms with Crippen molar-refractivity contribution in [2.45, 2.75) is 50.2 Å². The van der Waals surface area contributed by atoms with Crippen molar-refractivity contribution in [1.29, 1.82) is 0 Å². The van der Waals surface area contributed by atoms with Crippen molar-refractivity contribution in [3.8, 4) is 0 Å². The van der Waals surface area contributed by atoms with Crippen molar-refractivity contribution in [2.24, 2.45) is 0 Å². The Morgan fingerprint density at radius 2 is 2.13 bits per heavy atom. The van der Waals surface area contributed by atoms with Crippen LogP contribution in [-0.4, -0.2) is 71.0 Å². The Kier molecular flexibility index (Phi) is 6.71. The van der Waals surface area contributed by atoms with Gasteiger partial charge in [0.15, 0.2) is 0 Å². The van der Waals surface area contributed by atoms with Crippen molar-refractivity contribution in [1.82, 2.24) is 15.5 Å². The molecule has 3 N–H and O–H groups in total. The van der Waals surface area contributed by atoms with Crippen molar-refractivity contribution in [3.63, 3.8) is 0 Å². The Balaban J connectivity index is 1.96. The zero-order valence-corrected chi connectivity index (χ0v) is 14.2. The maximum absolute atomic E-state index is 12.5. The molecule has 2 amide bonds. The van der Waals surface area contributed by atoms with E-state index in [-0.39, 0.29) is 17.9 Å². The van der Waals surface area contributed by atoms with Gasteiger partial charge in [0, 0.05) is 6.54 Å². The molecule has 3 atom stereocenters. The average Bonchev–Trinajstić information content (AvgIpc) is 3.21. The number of carbonyl (C=O) groups is 3. The molecule has 0 aromatic rings. The van der Waals surface area contributed by atoms with Crippen molar-refractivity contribution < 1.29 is 19.5 Å². The Morgan fingerprint density at radius 3 is 2.74 bits per heavy atom. The fourth-order valence-electron chi connectivity index (χ4n) is 3.16. The van der Waals surface area contributed by atoms with Gasteiger partial charge in [0.2, 0.25) is 11.8 Å². The third-order valence-electron chi connectivity index (χ3n) is 4.42. The minimum atomic E-state index is -1.03. The Morgan fingerprint density at radius 1 is 1.35 bits per heavy atom. The van der Waals surface area contributed by atoms with Gasteiger partial charge in [-0.05, 0) is 50.7 Å². The molecule has 0 aliphatic carbocycles. The van der Waals surface area contributed by atoms with E-state index in [1.165, 1.54) is 0 Å². The lowest BCUT2D eigenvalue weighted by atomic mass is 10.1. The van der Waals surface area contributed by atoms with E-state index in [1.807, 2.05) is 6.26 Å². The Bertz CT molecular complexity index is 454. The highest BCUT2D eigenvalue weighted by atomic mass is 32.2. The quantitative estimate of drug-likeness (QED) is 0.604. The van der Waals surface area contributed by atoms with E-state index in [0.717, 1.165) is 25.8 Å². The number of rotatable bonds is 7. The number of carbonyl (C=O) groups excluding carboxylic acids is 2. The number of nitrogens with zero attached hydrogens (tertiary/aromatic N) is 1. The van der Waals surface area contributed by atoms with Crippen molar-refractivity contribution >= 4 is 29.5 Å². The third-order valence-corrected chi connectivity index (χ3v) is 5.07. The molecule has 2 aliphatic heterocycles. The van der Waals surface area contributed by atoms with Crippen molar-refractivity contribution in [2.75, 3.05) is 25.1 Å². The number of hydrogen-bond donors (Lipinski definition) is 3. The fraction of sp³-hybridized carbons (Fsp3) is 0.800. The first-order valence-electron chi connectivity index (χ1n) is 8.10. The first-order chi connectivity index (χ1) is 11.0. The van der Waals surface area contributed by atoms with E-state index in [2.05, 4.69) is 10.6 Å². The normalized spacial score (nSPS) is 25.3. The van der Waals surface area contributed by atoms with Crippen LogP contribution in [0.15, 0.2) is 0 Å². The van der Waals surface area contributed by atoms with Gasteiger partial charge in [-0.3, -0.25) is 9.59 Å². The van der Waals surface area contributed by atoms with Crippen LogP contribution < -0.4 is 10.6 Å². The van der Waals surface area contributed by atoms with Crippen LogP contribution in [0.3, 0.4) is 0 Å². The molecule has 0 spiro atoms. The summed E-state index contributed by atoms with van der Waals surface area (Å²) in [5, 5.41) is 15.0. The van der Waals surface area contributed by atoms with Crippen LogP contribution in [0.4, 0.5) is 0 Å². The van der Waals surface area contributed by atoms with Gasteiger partial charge in [0.25, 0.3) is 0 Å².